The Balaban J connectivity index is 2.07. The van der Waals surface area contributed by atoms with Gasteiger partial charge in [0, 0.05) is 12.8 Å². The van der Waals surface area contributed by atoms with Crippen molar-refractivity contribution in [1.82, 2.24) is 0 Å². The molecule has 8 heteroatoms. The monoisotopic (exact) mass is 343 g/mol. The topological polar surface area (TPSA) is 47.6 Å². The summed E-state index contributed by atoms with van der Waals surface area (Å²) in [4.78, 5) is 11.5. The molecule has 0 unspecified atom stereocenters. The summed E-state index contributed by atoms with van der Waals surface area (Å²) >= 11 is 0. The highest BCUT2D eigenvalue weighted by atomic mass is 19.4. The van der Waals surface area contributed by atoms with Gasteiger partial charge in [0.15, 0.2) is 0 Å². The first kappa shape index (κ1) is 17.7. The van der Waals surface area contributed by atoms with Gasteiger partial charge in [-0.2, -0.15) is 17.6 Å². The molecule has 0 radical (unpaired) electrons. The van der Waals surface area contributed by atoms with Crippen molar-refractivity contribution in [3.8, 4) is 11.5 Å². The number of methoxy groups -OCH3 is 1. The van der Waals surface area contributed by atoms with E-state index in [4.69, 9.17) is 4.74 Å². The van der Waals surface area contributed by atoms with Crippen LogP contribution in [0, 0.1) is 0 Å². The lowest BCUT2D eigenvalue weighted by molar-refractivity contribution is -0.305. The Morgan fingerprint density at radius 2 is 1.46 bits per heavy atom. The van der Waals surface area contributed by atoms with Gasteiger partial charge in [0.1, 0.15) is 11.5 Å². The molecule has 1 N–H and O–H groups in total. The number of para-hydroxylation sites is 1. The molecule has 0 heterocycles. The van der Waals surface area contributed by atoms with Gasteiger partial charge in [-0.3, -0.25) is 4.79 Å². The van der Waals surface area contributed by atoms with Crippen LogP contribution < -0.4 is 10.1 Å². The number of carbonyl (C=O) groups is 1. The Labute approximate surface area is 135 Å². The van der Waals surface area contributed by atoms with E-state index in [0.29, 0.717) is 18.6 Å². The molecule has 0 aromatic heterocycles. The maximum Gasteiger partial charge on any atom is 0.458 e. The Bertz CT molecular complexity index is 689. The average molecular weight is 343 g/mol. The van der Waals surface area contributed by atoms with Crippen LogP contribution >= 0.6 is 0 Å². The number of rotatable bonds is 5. The fraction of sp³-hybridized carbons (Fsp3) is 0.188. The van der Waals surface area contributed by atoms with E-state index in [1.807, 2.05) is 11.4 Å². The van der Waals surface area contributed by atoms with E-state index in [2.05, 4.69) is 4.74 Å². The molecular weight excluding hydrogens is 330 g/mol. The van der Waals surface area contributed by atoms with Crippen LogP contribution in [0.3, 0.4) is 0 Å². The molecular formula is C16H13F4NO3. The second-order valence-electron chi connectivity index (χ2n) is 4.69. The number of ether oxygens (including phenoxy) is 2. The predicted molar refractivity (Wildman–Crippen MR) is 78.5 cm³/mol. The van der Waals surface area contributed by atoms with E-state index in [1.165, 1.54) is 24.3 Å². The highest BCUT2D eigenvalue weighted by Gasteiger charge is 2.63. The average Bonchev–Trinajstić information content (AvgIpc) is 2.55. The molecule has 0 fully saturated rings. The molecule has 4 nitrogen and oxygen atoms in total. The Kier molecular flexibility index (Phi) is 5.08. The lowest BCUT2D eigenvalue weighted by Gasteiger charge is -2.24. The van der Waals surface area contributed by atoms with E-state index >= 15 is 0 Å². The summed E-state index contributed by atoms with van der Waals surface area (Å²) in [6, 6.07) is 14.2. The van der Waals surface area contributed by atoms with Crippen molar-refractivity contribution in [2.24, 2.45) is 0 Å². The molecule has 0 saturated heterocycles. The Hall–Kier alpha value is -2.61. The van der Waals surface area contributed by atoms with Crippen molar-refractivity contribution in [2.45, 2.75) is 12.0 Å². The van der Waals surface area contributed by atoms with Gasteiger partial charge in [-0.05, 0) is 36.4 Å². The second-order valence-corrected chi connectivity index (χ2v) is 4.69. The third kappa shape index (κ3) is 3.83. The fourth-order valence-electron chi connectivity index (χ4n) is 1.78. The number of alkyl halides is 4. The number of carbonyl (C=O) groups excluding carboxylic acids is 1. The molecule has 2 aromatic carbocycles. The number of hydrogen-bond acceptors (Lipinski definition) is 3. The van der Waals surface area contributed by atoms with Gasteiger partial charge in [-0.1, -0.05) is 18.2 Å². The summed E-state index contributed by atoms with van der Waals surface area (Å²) < 4.78 is 60.6. The number of halogens is 4. The molecule has 2 rings (SSSR count). The second kappa shape index (κ2) is 6.88. The molecule has 1 atom stereocenters. The highest BCUT2D eigenvalue weighted by Crippen LogP contribution is 2.35. The third-order valence-corrected chi connectivity index (χ3v) is 3.03. The van der Waals surface area contributed by atoms with Gasteiger partial charge in [-0.25, -0.2) is 0 Å². The molecule has 0 aliphatic rings. The minimum atomic E-state index is -5.50. The van der Waals surface area contributed by atoms with E-state index in [-0.39, 0.29) is 5.69 Å². The maximum atomic E-state index is 13.7. The normalized spacial score (nSPS) is 13.9. The summed E-state index contributed by atoms with van der Waals surface area (Å²) in [5.74, 6) is -5.43. The van der Waals surface area contributed by atoms with Crippen LogP contribution in [0.5, 0.6) is 11.5 Å². The number of anilines is 1. The van der Waals surface area contributed by atoms with Gasteiger partial charge in [0.2, 0.25) is 0 Å². The molecule has 128 valence electrons. The van der Waals surface area contributed by atoms with E-state index in [0.717, 1.165) is 0 Å². The van der Waals surface area contributed by atoms with Gasteiger partial charge in [-0.15, -0.1) is 0 Å². The number of benzene rings is 2. The zero-order valence-corrected chi connectivity index (χ0v) is 12.4. The minimum Gasteiger partial charge on any atom is -0.457 e. The molecule has 0 aliphatic heterocycles. The van der Waals surface area contributed by atoms with Gasteiger partial charge >= 0.3 is 12.0 Å². The summed E-state index contributed by atoms with van der Waals surface area (Å²) in [5, 5.41) is 1.82. The van der Waals surface area contributed by atoms with Gasteiger partial charge in [0.25, 0.3) is 5.91 Å². The first-order valence-corrected chi connectivity index (χ1v) is 6.71. The van der Waals surface area contributed by atoms with Crippen LogP contribution in [-0.2, 0) is 9.53 Å². The van der Waals surface area contributed by atoms with E-state index in [9.17, 15) is 22.4 Å². The smallest absolute Gasteiger partial charge is 0.457 e. The lowest BCUT2D eigenvalue weighted by atomic mass is 10.2. The number of nitrogens with one attached hydrogen (secondary N) is 1. The molecule has 0 spiro atoms. The zero-order chi connectivity index (χ0) is 17.8. The van der Waals surface area contributed by atoms with Crippen molar-refractivity contribution in [1.29, 1.82) is 0 Å². The van der Waals surface area contributed by atoms with Crippen LogP contribution in [0.15, 0.2) is 54.6 Å². The van der Waals surface area contributed by atoms with Crippen molar-refractivity contribution < 1.29 is 31.8 Å². The summed E-state index contributed by atoms with van der Waals surface area (Å²) in [6.07, 6.45) is -5.50. The Morgan fingerprint density at radius 1 is 0.917 bits per heavy atom. The number of hydrogen-bond donors (Lipinski definition) is 1. The Morgan fingerprint density at radius 3 is 1.96 bits per heavy atom. The minimum absolute atomic E-state index is 0.0382. The van der Waals surface area contributed by atoms with E-state index < -0.39 is 17.9 Å². The third-order valence-electron chi connectivity index (χ3n) is 3.03. The van der Waals surface area contributed by atoms with Crippen LogP contribution in [0.4, 0.5) is 23.2 Å². The van der Waals surface area contributed by atoms with Gasteiger partial charge in [0.05, 0.1) is 0 Å². The quantitative estimate of drug-likeness (QED) is 0.824. The summed E-state index contributed by atoms with van der Waals surface area (Å²) in [7, 11) is 0.462. The fourth-order valence-corrected chi connectivity index (χ4v) is 1.78. The summed E-state index contributed by atoms with van der Waals surface area (Å²) in [6.45, 7) is 0. The first-order valence-electron chi connectivity index (χ1n) is 6.71. The van der Waals surface area contributed by atoms with E-state index in [1.54, 1.807) is 24.3 Å². The number of amides is 1. The van der Waals surface area contributed by atoms with Crippen LogP contribution in [0.25, 0.3) is 0 Å². The summed E-state index contributed by atoms with van der Waals surface area (Å²) in [5.41, 5.74) is -0.0382. The standard InChI is InChI=1S/C16H13F4NO3/c1-23-15(17,16(18,19)20)14(22)21-11-7-9-13(10-8-11)24-12-5-3-2-4-6-12/h2-10H,1H3,(H,21,22)/t15-/m0/s1. The molecule has 2 aromatic rings. The molecule has 1 amide bonds. The van der Waals surface area contributed by atoms with Crippen LogP contribution in [0.2, 0.25) is 0 Å². The van der Waals surface area contributed by atoms with Gasteiger partial charge < -0.3 is 14.8 Å². The van der Waals surface area contributed by atoms with Crippen molar-refractivity contribution >= 4 is 11.6 Å². The van der Waals surface area contributed by atoms with Crippen LogP contribution in [-0.4, -0.2) is 25.0 Å². The van der Waals surface area contributed by atoms with Crippen molar-refractivity contribution in [3.05, 3.63) is 54.6 Å². The first-order chi connectivity index (χ1) is 11.3. The molecule has 0 saturated carbocycles. The lowest BCUT2D eigenvalue weighted by Crippen LogP contribution is -2.52. The zero-order valence-electron chi connectivity index (χ0n) is 12.4. The molecule has 0 aliphatic carbocycles. The molecule has 0 bridgehead atoms. The largest absolute Gasteiger partial charge is 0.458 e. The predicted octanol–water partition coefficient (Wildman–Crippen LogP) is 4.29. The van der Waals surface area contributed by atoms with Crippen LogP contribution in [0.1, 0.15) is 0 Å². The van der Waals surface area contributed by atoms with Crippen molar-refractivity contribution in [2.75, 3.05) is 12.4 Å². The SMILES string of the molecule is CO[C@@](F)(C(=O)Nc1ccc(Oc2ccccc2)cc1)C(F)(F)F. The van der Waals surface area contributed by atoms with Crippen molar-refractivity contribution in [3.63, 3.8) is 0 Å². The highest BCUT2D eigenvalue weighted by molar-refractivity contribution is 5.96. The maximum absolute atomic E-state index is 13.7. The molecule has 24 heavy (non-hydrogen) atoms.